The lowest BCUT2D eigenvalue weighted by Crippen LogP contribution is -2.47. The highest BCUT2D eigenvalue weighted by atomic mass is 32.1. The molecule has 190 valence electrons. The molecular weight excluding hydrogens is 491 g/mol. The van der Waals surface area contributed by atoms with Crippen LogP contribution in [0.3, 0.4) is 0 Å². The Morgan fingerprint density at radius 2 is 1.89 bits per heavy atom. The van der Waals surface area contributed by atoms with Gasteiger partial charge in [0, 0.05) is 17.0 Å². The first-order valence-electron chi connectivity index (χ1n) is 12.1. The zero-order valence-corrected chi connectivity index (χ0v) is 21.2. The number of rotatable bonds is 8. The van der Waals surface area contributed by atoms with E-state index in [0.29, 0.717) is 24.5 Å². The summed E-state index contributed by atoms with van der Waals surface area (Å²) in [7, 11) is 0. The summed E-state index contributed by atoms with van der Waals surface area (Å²) in [5.41, 5.74) is 2.53. The average molecular weight is 519 g/mol. The number of furan rings is 1. The van der Waals surface area contributed by atoms with E-state index in [4.69, 9.17) is 9.15 Å². The first kappa shape index (κ1) is 24.8. The Hall–Kier alpha value is -3.91. The normalized spacial score (nSPS) is 14.8. The number of hydrogen-bond donors (Lipinski definition) is 0. The van der Waals surface area contributed by atoms with Crippen LogP contribution in [-0.4, -0.2) is 41.3 Å². The van der Waals surface area contributed by atoms with Gasteiger partial charge in [0.15, 0.2) is 0 Å². The highest BCUT2D eigenvalue weighted by molar-refractivity contribution is 7.10. The summed E-state index contributed by atoms with van der Waals surface area (Å²) in [5, 5.41) is 2.04. The molecule has 0 bridgehead atoms. The van der Waals surface area contributed by atoms with Gasteiger partial charge in [0.25, 0.3) is 5.91 Å². The van der Waals surface area contributed by atoms with Gasteiger partial charge in [0.05, 0.1) is 18.8 Å². The van der Waals surface area contributed by atoms with Crippen LogP contribution in [0.1, 0.15) is 38.2 Å². The van der Waals surface area contributed by atoms with Crippen molar-refractivity contribution in [1.82, 2.24) is 9.80 Å². The van der Waals surface area contributed by atoms with E-state index < -0.39 is 5.82 Å². The summed E-state index contributed by atoms with van der Waals surface area (Å²) in [6, 6.07) is 18.4. The van der Waals surface area contributed by atoms with E-state index in [0.717, 1.165) is 23.3 Å². The average Bonchev–Trinajstić information content (AvgIpc) is 3.60. The third kappa shape index (κ3) is 5.75. The van der Waals surface area contributed by atoms with Crippen molar-refractivity contribution >= 4 is 23.2 Å². The fourth-order valence-electron chi connectivity index (χ4n) is 4.50. The summed E-state index contributed by atoms with van der Waals surface area (Å²) in [5.74, 6) is 0.316. The second-order valence-electron chi connectivity index (χ2n) is 9.02. The Morgan fingerprint density at radius 3 is 2.62 bits per heavy atom. The second-order valence-corrected chi connectivity index (χ2v) is 10.0. The van der Waals surface area contributed by atoms with Gasteiger partial charge >= 0.3 is 0 Å². The molecule has 37 heavy (non-hydrogen) atoms. The Bertz CT molecular complexity index is 1350. The van der Waals surface area contributed by atoms with E-state index in [9.17, 15) is 14.0 Å². The van der Waals surface area contributed by atoms with Gasteiger partial charge < -0.3 is 19.0 Å². The molecule has 2 aromatic carbocycles. The minimum atomic E-state index is -0.429. The van der Waals surface area contributed by atoms with Crippen LogP contribution < -0.4 is 4.74 Å². The highest BCUT2D eigenvalue weighted by Gasteiger charge is 2.34. The van der Waals surface area contributed by atoms with Gasteiger partial charge in [-0.05, 0) is 78.9 Å². The predicted octanol–water partition coefficient (Wildman–Crippen LogP) is 5.64. The molecule has 2 amide bonds. The molecule has 1 aliphatic heterocycles. The number of nitrogens with zero attached hydrogens (tertiary/aromatic N) is 2. The number of carbonyl (C=O) groups excluding carboxylic acids is 2. The number of aryl methyl sites for hydroxylation is 1. The molecule has 0 radical (unpaired) electrons. The lowest BCUT2D eigenvalue weighted by atomic mass is 10.0. The van der Waals surface area contributed by atoms with Crippen molar-refractivity contribution in [3.05, 3.63) is 112 Å². The van der Waals surface area contributed by atoms with Crippen LogP contribution >= 0.6 is 11.3 Å². The zero-order chi connectivity index (χ0) is 25.8. The van der Waals surface area contributed by atoms with Gasteiger partial charge in [-0.25, -0.2) is 4.39 Å². The van der Waals surface area contributed by atoms with Gasteiger partial charge in [-0.1, -0.05) is 17.7 Å². The van der Waals surface area contributed by atoms with Crippen LogP contribution in [0.5, 0.6) is 5.75 Å². The molecule has 3 heterocycles. The minimum absolute atomic E-state index is 0.122. The maximum absolute atomic E-state index is 13.7. The molecule has 4 aromatic rings. The van der Waals surface area contributed by atoms with Crippen molar-refractivity contribution in [2.45, 2.75) is 25.9 Å². The van der Waals surface area contributed by atoms with Crippen molar-refractivity contribution in [2.75, 3.05) is 19.7 Å². The number of hydrogen-bond acceptors (Lipinski definition) is 5. The summed E-state index contributed by atoms with van der Waals surface area (Å²) in [6.07, 6.45) is 2.28. The molecule has 6 nitrogen and oxygen atoms in total. The third-order valence-electron chi connectivity index (χ3n) is 6.48. The molecule has 1 unspecified atom stereocenters. The van der Waals surface area contributed by atoms with Crippen LogP contribution in [0.15, 0.2) is 82.8 Å². The van der Waals surface area contributed by atoms with E-state index in [1.165, 1.54) is 40.3 Å². The molecule has 0 spiro atoms. The van der Waals surface area contributed by atoms with E-state index in [-0.39, 0.29) is 30.9 Å². The monoisotopic (exact) mass is 518 g/mol. The van der Waals surface area contributed by atoms with Crippen LogP contribution in [-0.2, 0) is 17.8 Å². The first-order valence-corrected chi connectivity index (χ1v) is 13.0. The van der Waals surface area contributed by atoms with Crippen molar-refractivity contribution in [1.29, 1.82) is 0 Å². The van der Waals surface area contributed by atoms with Crippen LogP contribution in [0.4, 0.5) is 4.39 Å². The highest BCUT2D eigenvalue weighted by Crippen LogP contribution is 2.34. The number of fused-ring (bicyclic) bond motifs is 1. The number of carbonyl (C=O) groups is 2. The molecule has 0 fully saturated rings. The fourth-order valence-corrected chi connectivity index (χ4v) is 5.43. The molecule has 2 aromatic heterocycles. The minimum Gasteiger partial charge on any atom is -0.491 e. The number of ether oxygens (including phenoxy) is 1. The molecule has 0 saturated carbocycles. The molecule has 0 saturated heterocycles. The molecule has 0 aliphatic carbocycles. The maximum atomic E-state index is 13.7. The zero-order valence-electron chi connectivity index (χ0n) is 20.4. The molecule has 1 aliphatic rings. The lowest BCUT2D eigenvalue weighted by molar-refractivity contribution is -0.135. The second kappa shape index (κ2) is 11.0. The number of benzene rings is 2. The topological polar surface area (TPSA) is 63.0 Å². The third-order valence-corrected chi connectivity index (χ3v) is 7.47. The summed E-state index contributed by atoms with van der Waals surface area (Å²) in [6.45, 7) is 2.84. The predicted molar refractivity (Wildman–Crippen MR) is 139 cm³/mol. The smallest absolute Gasteiger partial charge is 0.254 e. The van der Waals surface area contributed by atoms with Gasteiger partial charge in [-0.3, -0.25) is 9.59 Å². The lowest BCUT2D eigenvalue weighted by Gasteiger charge is -2.37. The summed E-state index contributed by atoms with van der Waals surface area (Å²) < 4.78 is 25.0. The van der Waals surface area contributed by atoms with E-state index >= 15 is 0 Å². The number of amides is 2. The van der Waals surface area contributed by atoms with E-state index in [2.05, 4.69) is 0 Å². The number of thiophene rings is 1. The Labute approximate surface area is 218 Å². The van der Waals surface area contributed by atoms with Crippen molar-refractivity contribution in [2.24, 2.45) is 0 Å². The van der Waals surface area contributed by atoms with Crippen LogP contribution in [0.25, 0.3) is 0 Å². The Kier molecular flexibility index (Phi) is 7.37. The largest absolute Gasteiger partial charge is 0.491 e. The Morgan fingerprint density at radius 1 is 1.11 bits per heavy atom. The van der Waals surface area contributed by atoms with Gasteiger partial charge in [-0.2, -0.15) is 0 Å². The van der Waals surface area contributed by atoms with Gasteiger partial charge in [0.1, 0.15) is 30.5 Å². The summed E-state index contributed by atoms with van der Waals surface area (Å²) in [4.78, 5) is 31.5. The van der Waals surface area contributed by atoms with Gasteiger partial charge in [0.2, 0.25) is 5.91 Å². The van der Waals surface area contributed by atoms with Crippen molar-refractivity contribution in [3.63, 3.8) is 0 Å². The van der Waals surface area contributed by atoms with E-state index in [1.807, 2.05) is 42.6 Å². The first-order chi connectivity index (χ1) is 18.0. The fraction of sp³-hybridized carbons (Fsp3) is 0.241. The Balaban J connectivity index is 1.36. The summed E-state index contributed by atoms with van der Waals surface area (Å²) >= 11 is 1.69. The molecular formula is C29H27FN2O4S. The SMILES string of the molecule is Cc1ccc(OCC2c3ccsc3CCN2C(=O)CN(Cc2ccco2)C(=O)c2ccc(F)cc2)cc1. The number of halogens is 1. The quantitative estimate of drug-likeness (QED) is 0.303. The van der Waals surface area contributed by atoms with Gasteiger partial charge in [-0.15, -0.1) is 11.3 Å². The maximum Gasteiger partial charge on any atom is 0.254 e. The van der Waals surface area contributed by atoms with E-state index in [1.54, 1.807) is 28.4 Å². The molecule has 1 atom stereocenters. The molecule has 5 rings (SSSR count). The molecule has 8 heteroatoms. The van der Waals surface area contributed by atoms with Crippen LogP contribution in [0.2, 0.25) is 0 Å². The standard InChI is InChI=1S/C29H27FN2O4S/c1-20-4-10-23(11-5-20)36-19-26-25-13-16-37-27(25)12-14-32(26)28(33)18-31(17-24-3-2-15-35-24)29(34)21-6-8-22(30)9-7-21/h2-11,13,15-16,26H,12,14,17-19H2,1H3. The molecule has 0 N–H and O–H groups in total. The van der Waals surface area contributed by atoms with Crippen molar-refractivity contribution in [3.8, 4) is 5.75 Å². The van der Waals surface area contributed by atoms with Crippen LogP contribution in [0, 0.1) is 12.7 Å². The van der Waals surface area contributed by atoms with Crippen molar-refractivity contribution < 1.29 is 23.1 Å².